The first-order valence-electron chi connectivity index (χ1n) is 16.4. The summed E-state index contributed by atoms with van der Waals surface area (Å²) >= 11 is 0. The Balaban J connectivity index is 1.28. The summed E-state index contributed by atoms with van der Waals surface area (Å²) in [5.41, 5.74) is 11.9. The third-order valence-electron chi connectivity index (χ3n) is 9.28. The van der Waals surface area contributed by atoms with Crippen molar-refractivity contribution < 1.29 is 4.42 Å². The summed E-state index contributed by atoms with van der Waals surface area (Å²) in [5, 5.41) is 4.70. The van der Waals surface area contributed by atoms with Crippen molar-refractivity contribution in [2.45, 2.75) is 0 Å². The van der Waals surface area contributed by atoms with E-state index in [4.69, 9.17) is 4.42 Å². The zero-order chi connectivity index (χ0) is 31.9. The molecule has 9 aromatic rings. The van der Waals surface area contributed by atoms with E-state index in [1.54, 1.807) is 0 Å². The van der Waals surface area contributed by atoms with Crippen LogP contribution in [0.1, 0.15) is 0 Å². The number of para-hydroxylation sites is 4. The van der Waals surface area contributed by atoms with Gasteiger partial charge in [-0.1, -0.05) is 152 Å². The lowest BCUT2D eigenvalue weighted by molar-refractivity contribution is 0.670. The van der Waals surface area contributed by atoms with E-state index in [0.717, 1.165) is 55.7 Å². The van der Waals surface area contributed by atoms with Crippen LogP contribution >= 0.6 is 0 Å². The molecule has 0 saturated carbocycles. The minimum atomic E-state index is 0.896. The van der Waals surface area contributed by atoms with Gasteiger partial charge in [0.1, 0.15) is 11.2 Å². The molecule has 2 heteroatoms. The highest BCUT2D eigenvalue weighted by Crippen LogP contribution is 2.47. The fourth-order valence-electron chi connectivity index (χ4n) is 6.97. The minimum Gasteiger partial charge on any atom is -0.455 e. The Morgan fingerprint density at radius 1 is 0.354 bits per heavy atom. The Morgan fingerprint density at radius 2 is 0.938 bits per heavy atom. The zero-order valence-corrected chi connectivity index (χ0v) is 26.3. The lowest BCUT2D eigenvalue weighted by atomic mass is 9.96. The molecule has 0 spiro atoms. The maximum Gasteiger partial charge on any atom is 0.143 e. The molecule has 0 saturated heterocycles. The van der Waals surface area contributed by atoms with E-state index in [1.165, 1.54) is 27.5 Å². The van der Waals surface area contributed by atoms with Crippen LogP contribution in [-0.4, -0.2) is 0 Å². The van der Waals surface area contributed by atoms with E-state index < -0.39 is 0 Å². The van der Waals surface area contributed by atoms with Gasteiger partial charge in [-0.05, 0) is 63.9 Å². The zero-order valence-electron chi connectivity index (χ0n) is 26.3. The molecule has 0 radical (unpaired) electrons. The highest BCUT2D eigenvalue weighted by molar-refractivity contribution is 6.11. The van der Waals surface area contributed by atoms with E-state index in [0.29, 0.717) is 0 Å². The number of furan rings is 1. The summed E-state index contributed by atoms with van der Waals surface area (Å²) in [5.74, 6) is 0. The second kappa shape index (κ2) is 11.8. The number of anilines is 3. The van der Waals surface area contributed by atoms with Crippen molar-refractivity contribution in [3.05, 3.63) is 188 Å². The molecule has 0 amide bonds. The van der Waals surface area contributed by atoms with Crippen LogP contribution in [0.4, 0.5) is 17.1 Å². The Bertz CT molecular complexity index is 2560. The average molecular weight is 614 g/mol. The highest BCUT2D eigenvalue weighted by Gasteiger charge is 2.22. The number of hydrogen-bond acceptors (Lipinski definition) is 2. The lowest BCUT2D eigenvalue weighted by Crippen LogP contribution is -2.12. The average Bonchev–Trinajstić information content (AvgIpc) is 3.55. The van der Waals surface area contributed by atoms with Gasteiger partial charge in [-0.15, -0.1) is 0 Å². The van der Waals surface area contributed by atoms with Crippen molar-refractivity contribution in [2.75, 3.05) is 4.90 Å². The first-order chi connectivity index (χ1) is 23.8. The van der Waals surface area contributed by atoms with Gasteiger partial charge >= 0.3 is 0 Å². The van der Waals surface area contributed by atoms with E-state index in [1.807, 2.05) is 12.1 Å². The molecule has 1 aromatic heterocycles. The molecule has 2 nitrogen and oxygen atoms in total. The molecule has 0 bridgehead atoms. The van der Waals surface area contributed by atoms with Gasteiger partial charge in [0.2, 0.25) is 0 Å². The standard InChI is InChI=1S/C46H31NO/c1-2-13-32(14-3-1)34-27-29-37(30-28-34)47(43-22-9-6-17-38(43)36-26-25-33-15-4-5-16-35(33)31-36)44-23-10-7-18-39(44)41-20-12-21-42-40-19-8-11-24-45(40)48-46(41)42/h1-31H. The van der Waals surface area contributed by atoms with Crippen molar-refractivity contribution in [3.63, 3.8) is 0 Å². The number of rotatable bonds is 6. The van der Waals surface area contributed by atoms with Crippen molar-refractivity contribution in [1.29, 1.82) is 0 Å². The molecule has 0 atom stereocenters. The lowest BCUT2D eigenvalue weighted by Gasteiger charge is -2.30. The van der Waals surface area contributed by atoms with Gasteiger partial charge < -0.3 is 9.32 Å². The third-order valence-corrected chi connectivity index (χ3v) is 9.28. The molecule has 8 aromatic carbocycles. The summed E-state index contributed by atoms with van der Waals surface area (Å²) in [6.45, 7) is 0. The summed E-state index contributed by atoms with van der Waals surface area (Å²) in [4.78, 5) is 2.40. The Morgan fingerprint density at radius 3 is 1.77 bits per heavy atom. The van der Waals surface area contributed by atoms with Crippen LogP contribution in [0.3, 0.4) is 0 Å². The Hall–Kier alpha value is -6.38. The molecule has 48 heavy (non-hydrogen) atoms. The molecule has 9 rings (SSSR count). The fraction of sp³-hybridized carbons (Fsp3) is 0. The largest absolute Gasteiger partial charge is 0.455 e. The van der Waals surface area contributed by atoms with Crippen LogP contribution in [0.5, 0.6) is 0 Å². The number of fused-ring (bicyclic) bond motifs is 4. The normalized spacial score (nSPS) is 11.3. The molecule has 1 heterocycles. The van der Waals surface area contributed by atoms with E-state index >= 15 is 0 Å². The van der Waals surface area contributed by atoms with Crippen LogP contribution in [-0.2, 0) is 0 Å². The number of nitrogens with zero attached hydrogens (tertiary/aromatic N) is 1. The smallest absolute Gasteiger partial charge is 0.143 e. The molecule has 0 N–H and O–H groups in total. The van der Waals surface area contributed by atoms with Crippen molar-refractivity contribution in [2.24, 2.45) is 0 Å². The summed E-state index contributed by atoms with van der Waals surface area (Å²) in [6.07, 6.45) is 0. The first-order valence-corrected chi connectivity index (χ1v) is 16.4. The van der Waals surface area contributed by atoms with E-state index in [2.05, 4.69) is 181 Å². The molecule has 0 unspecified atom stereocenters. The van der Waals surface area contributed by atoms with E-state index in [9.17, 15) is 0 Å². The van der Waals surface area contributed by atoms with Crippen LogP contribution in [0, 0.1) is 0 Å². The molecule has 226 valence electrons. The quantitative estimate of drug-likeness (QED) is 0.185. The SMILES string of the molecule is c1ccc(-c2ccc(N(c3ccccc3-c3ccc4ccccc4c3)c3ccccc3-c3cccc4c3oc3ccccc34)cc2)cc1. The minimum absolute atomic E-state index is 0.896. The van der Waals surface area contributed by atoms with Gasteiger partial charge in [-0.2, -0.15) is 0 Å². The molecule has 0 aliphatic heterocycles. The van der Waals surface area contributed by atoms with Gasteiger partial charge in [0.25, 0.3) is 0 Å². The van der Waals surface area contributed by atoms with Crippen LogP contribution < -0.4 is 4.90 Å². The van der Waals surface area contributed by atoms with Crippen molar-refractivity contribution >= 4 is 49.8 Å². The molecule has 0 fully saturated rings. The predicted octanol–water partition coefficient (Wildman–Crippen LogP) is 13.2. The van der Waals surface area contributed by atoms with Crippen LogP contribution in [0.2, 0.25) is 0 Å². The summed E-state index contributed by atoms with van der Waals surface area (Å²) < 4.78 is 6.56. The first kappa shape index (κ1) is 27.9. The number of hydrogen-bond donors (Lipinski definition) is 0. The molecular weight excluding hydrogens is 583 g/mol. The van der Waals surface area contributed by atoms with Gasteiger partial charge in [-0.25, -0.2) is 0 Å². The summed E-state index contributed by atoms with van der Waals surface area (Å²) in [7, 11) is 0. The van der Waals surface area contributed by atoms with Crippen LogP contribution in [0.25, 0.3) is 66.1 Å². The van der Waals surface area contributed by atoms with Crippen molar-refractivity contribution in [3.8, 4) is 33.4 Å². The number of benzene rings is 8. The summed E-state index contributed by atoms with van der Waals surface area (Å²) in [6, 6.07) is 66.9. The van der Waals surface area contributed by atoms with Gasteiger partial charge in [-0.3, -0.25) is 0 Å². The van der Waals surface area contributed by atoms with Crippen molar-refractivity contribution in [1.82, 2.24) is 0 Å². The maximum absolute atomic E-state index is 6.56. The molecule has 0 aliphatic carbocycles. The van der Waals surface area contributed by atoms with Crippen LogP contribution in [0.15, 0.2) is 192 Å². The Labute approximate surface area is 279 Å². The highest BCUT2D eigenvalue weighted by atomic mass is 16.3. The topological polar surface area (TPSA) is 16.4 Å². The predicted molar refractivity (Wildman–Crippen MR) is 202 cm³/mol. The van der Waals surface area contributed by atoms with Gasteiger partial charge in [0.15, 0.2) is 0 Å². The molecule has 0 aliphatic rings. The third kappa shape index (κ3) is 4.83. The fourth-order valence-corrected chi connectivity index (χ4v) is 6.97. The van der Waals surface area contributed by atoms with Gasteiger partial charge in [0.05, 0.1) is 11.4 Å². The Kier molecular flexibility index (Phi) is 6.84. The second-order valence-corrected chi connectivity index (χ2v) is 12.1. The molecular formula is C46H31NO. The van der Waals surface area contributed by atoms with E-state index in [-0.39, 0.29) is 0 Å². The van der Waals surface area contributed by atoms with Gasteiger partial charge in [0, 0.05) is 33.2 Å². The maximum atomic E-state index is 6.56. The monoisotopic (exact) mass is 613 g/mol. The second-order valence-electron chi connectivity index (χ2n) is 12.1.